The second-order valence-electron chi connectivity index (χ2n) is 8.27. The van der Waals surface area contributed by atoms with Crippen molar-refractivity contribution in [1.82, 2.24) is 19.9 Å². The Kier molecular flexibility index (Phi) is 9.50. The van der Waals surface area contributed by atoms with Crippen LogP contribution in [0.1, 0.15) is 16.7 Å². The minimum atomic E-state index is -0.316. The molecule has 0 saturated heterocycles. The number of nitrogens with one attached hydrogen (secondary N) is 2. The first-order valence-electron chi connectivity index (χ1n) is 11.9. The summed E-state index contributed by atoms with van der Waals surface area (Å²) in [6, 6.07) is 22.6. The third-order valence-electron chi connectivity index (χ3n) is 5.41. The molecule has 0 bridgehead atoms. The molecule has 2 N–H and O–H groups in total. The number of benzene rings is 4. The van der Waals surface area contributed by atoms with E-state index in [2.05, 4.69) is 53.6 Å². The largest absolute Gasteiger partial charge is 0.313 e. The molecule has 0 unspecified atom stereocenters. The Bertz CT molecular complexity index is 2070. The number of nitrogens with zero attached hydrogens (tertiary/aromatic N) is 2. The van der Waals surface area contributed by atoms with Crippen LogP contribution in [0.25, 0.3) is 21.8 Å². The molecule has 4 aromatic carbocycles. The van der Waals surface area contributed by atoms with Gasteiger partial charge in [-0.05, 0) is 72.8 Å². The molecule has 41 heavy (non-hydrogen) atoms. The van der Waals surface area contributed by atoms with E-state index in [0.717, 1.165) is 10.0 Å². The van der Waals surface area contributed by atoms with Crippen LogP contribution in [0.15, 0.2) is 112 Å². The monoisotopic (exact) mass is 608 g/mol. The molecule has 0 aliphatic carbocycles. The van der Waals surface area contributed by atoms with Gasteiger partial charge in [0.15, 0.2) is 0 Å². The summed E-state index contributed by atoms with van der Waals surface area (Å²) in [7, 11) is 0. The van der Waals surface area contributed by atoms with Gasteiger partial charge in [-0.1, -0.05) is 45.8 Å². The van der Waals surface area contributed by atoms with Gasteiger partial charge in [-0.25, -0.2) is 18.7 Å². The molecular formula is C32H19BrF2N4O2. The zero-order chi connectivity index (χ0) is 29.2. The first kappa shape index (κ1) is 28.6. The highest BCUT2D eigenvalue weighted by Crippen LogP contribution is 2.14. The molecule has 9 heteroatoms. The predicted molar refractivity (Wildman–Crippen MR) is 159 cm³/mol. The molecule has 2 heterocycles. The quantitative estimate of drug-likeness (QED) is 0.208. The van der Waals surface area contributed by atoms with Crippen molar-refractivity contribution in [3.8, 4) is 24.2 Å². The minimum Gasteiger partial charge on any atom is -0.313 e. The fourth-order valence-corrected chi connectivity index (χ4v) is 3.83. The molecular weight excluding hydrogens is 590 g/mol. The highest BCUT2D eigenvalue weighted by Gasteiger charge is 2.00. The van der Waals surface area contributed by atoms with Crippen LogP contribution in [0.4, 0.5) is 8.78 Å². The number of hydrogen-bond acceptors (Lipinski definition) is 4. The summed E-state index contributed by atoms with van der Waals surface area (Å²) >= 11 is 3.30. The van der Waals surface area contributed by atoms with E-state index in [4.69, 9.17) is 6.42 Å². The van der Waals surface area contributed by atoms with Crippen molar-refractivity contribution in [1.29, 1.82) is 0 Å². The SMILES string of the molecule is C#Cc1cccc(F)c1.O=c1[nH]cnc2cc(Br)ccc12.O=c1[nH]cnc2cc(C#Cc3cccc(F)c3)ccc12. The summed E-state index contributed by atoms with van der Waals surface area (Å²) in [4.78, 5) is 35.8. The van der Waals surface area contributed by atoms with Gasteiger partial charge in [0.1, 0.15) is 11.6 Å². The van der Waals surface area contributed by atoms with Gasteiger partial charge in [-0.3, -0.25) is 9.59 Å². The third kappa shape index (κ3) is 8.06. The van der Waals surface area contributed by atoms with Crippen molar-refractivity contribution >= 4 is 37.7 Å². The molecule has 0 radical (unpaired) electrons. The molecule has 0 aliphatic heterocycles. The second-order valence-corrected chi connectivity index (χ2v) is 9.19. The Morgan fingerprint density at radius 1 is 0.659 bits per heavy atom. The number of rotatable bonds is 0. The number of H-pyrrole nitrogens is 2. The first-order valence-corrected chi connectivity index (χ1v) is 12.7. The number of aromatic nitrogens is 4. The molecule has 6 rings (SSSR count). The molecule has 0 amide bonds. The summed E-state index contributed by atoms with van der Waals surface area (Å²) in [5, 5.41) is 1.13. The van der Waals surface area contributed by atoms with Crippen molar-refractivity contribution in [2.24, 2.45) is 0 Å². The van der Waals surface area contributed by atoms with E-state index in [0.29, 0.717) is 32.9 Å². The van der Waals surface area contributed by atoms with Crippen LogP contribution in [-0.2, 0) is 0 Å². The van der Waals surface area contributed by atoms with E-state index in [1.165, 1.54) is 36.9 Å². The van der Waals surface area contributed by atoms with Crippen LogP contribution in [0.3, 0.4) is 0 Å². The highest BCUT2D eigenvalue weighted by molar-refractivity contribution is 9.10. The van der Waals surface area contributed by atoms with Crippen LogP contribution in [0.2, 0.25) is 0 Å². The zero-order valence-corrected chi connectivity index (χ0v) is 22.7. The molecule has 0 fully saturated rings. The van der Waals surface area contributed by atoms with Gasteiger partial charge < -0.3 is 9.97 Å². The van der Waals surface area contributed by atoms with E-state index in [1.807, 2.05) is 12.1 Å². The fourth-order valence-electron chi connectivity index (χ4n) is 3.48. The van der Waals surface area contributed by atoms with E-state index < -0.39 is 0 Å². The van der Waals surface area contributed by atoms with Gasteiger partial charge in [0, 0.05) is 21.2 Å². The molecule has 2 aromatic heterocycles. The maximum absolute atomic E-state index is 13.0. The second kappa shape index (κ2) is 13.6. The zero-order valence-electron chi connectivity index (χ0n) is 21.2. The van der Waals surface area contributed by atoms with Crippen molar-refractivity contribution in [2.45, 2.75) is 0 Å². The van der Waals surface area contributed by atoms with Crippen LogP contribution in [0.5, 0.6) is 0 Å². The summed E-state index contributed by atoms with van der Waals surface area (Å²) in [6.45, 7) is 0. The topological polar surface area (TPSA) is 91.5 Å². The van der Waals surface area contributed by atoms with Crippen LogP contribution < -0.4 is 11.1 Å². The Morgan fingerprint density at radius 3 is 1.73 bits per heavy atom. The molecule has 0 aliphatic rings. The van der Waals surface area contributed by atoms with Crippen molar-refractivity contribution in [3.05, 3.63) is 151 Å². The number of aromatic amines is 2. The van der Waals surface area contributed by atoms with E-state index in [9.17, 15) is 18.4 Å². The predicted octanol–water partition coefficient (Wildman–Crippen LogP) is 5.95. The molecule has 0 saturated carbocycles. The Morgan fingerprint density at radius 2 is 1.17 bits per heavy atom. The van der Waals surface area contributed by atoms with Gasteiger partial charge in [-0.15, -0.1) is 6.42 Å². The van der Waals surface area contributed by atoms with Gasteiger partial charge in [0.05, 0.1) is 34.5 Å². The average molecular weight is 609 g/mol. The average Bonchev–Trinajstić information content (AvgIpc) is 2.97. The normalized spacial score (nSPS) is 9.80. The lowest BCUT2D eigenvalue weighted by Crippen LogP contribution is -2.05. The van der Waals surface area contributed by atoms with E-state index in [1.54, 1.807) is 48.5 Å². The van der Waals surface area contributed by atoms with E-state index >= 15 is 0 Å². The smallest absolute Gasteiger partial charge is 0.258 e. The van der Waals surface area contributed by atoms with Gasteiger partial charge in [-0.2, -0.15) is 0 Å². The third-order valence-corrected chi connectivity index (χ3v) is 5.91. The van der Waals surface area contributed by atoms with Crippen LogP contribution >= 0.6 is 15.9 Å². The molecule has 6 nitrogen and oxygen atoms in total. The van der Waals surface area contributed by atoms with Crippen molar-refractivity contribution in [3.63, 3.8) is 0 Å². The standard InChI is InChI=1S/C16H9FN2O.C8H5BrN2O.C8H5F/c17-13-3-1-2-11(8-13)4-5-12-6-7-14-15(9-12)18-10-19-16(14)20;9-5-1-2-6-7(3-5)10-4-11-8(6)12;1-2-7-4-3-5-8(9)6-7/h1-3,6-10H,(H,18,19,20);1-4H,(H,10,11,12);1,3-6H. The summed E-state index contributed by atoms with van der Waals surface area (Å²) in [5.41, 5.74) is 2.90. The van der Waals surface area contributed by atoms with E-state index in [-0.39, 0.29) is 22.8 Å². The maximum Gasteiger partial charge on any atom is 0.258 e. The molecule has 200 valence electrons. The Hall–Kier alpha value is -5.38. The van der Waals surface area contributed by atoms with Crippen LogP contribution in [-0.4, -0.2) is 19.9 Å². The van der Waals surface area contributed by atoms with Gasteiger partial charge in [0.2, 0.25) is 0 Å². The number of terminal acetylenes is 1. The lowest BCUT2D eigenvalue weighted by Gasteiger charge is -1.96. The Labute approximate surface area is 241 Å². The minimum absolute atomic E-state index is 0.104. The first-order chi connectivity index (χ1) is 19.8. The number of fused-ring (bicyclic) bond motifs is 2. The van der Waals surface area contributed by atoms with Gasteiger partial charge in [0.25, 0.3) is 11.1 Å². The molecule has 6 aromatic rings. The maximum atomic E-state index is 13.0. The Balaban J connectivity index is 0.000000156. The number of hydrogen-bond donors (Lipinski definition) is 2. The lowest BCUT2D eigenvalue weighted by atomic mass is 10.1. The highest BCUT2D eigenvalue weighted by atomic mass is 79.9. The van der Waals surface area contributed by atoms with Crippen LogP contribution in [0, 0.1) is 35.8 Å². The summed E-state index contributed by atoms with van der Waals surface area (Å²) in [6.07, 6.45) is 7.76. The van der Waals surface area contributed by atoms with Crippen molar-refractivity contribution < 1.29 is 8.78 Å². The molecule has 0 spiro atoms. The summed E-state index contributed by atoms with van der Waals surface area (Å²) in [5.74, 6) is 7.53. The number of halogens is 3. The fraction of sp³-hybridized carbons (Fsp3) is 0. The molecule has 0 atom stereocenters. The van der Waals surface area contributed by atoms with Gasteiger partial charge >= 0.3 is 0 Å². The van der Waals surface area contributed by atoms with Crippen molar-refractivity contribution in [2.75, 3.05) is 0 Å². The lowest BCUT2D eigenvalue weighted by molar-refractivity contribution is 0.627. The summed E-state index contributed by atoms with van der Waals surface area (Å²) < 4.78 is 26.2.